The van der Waals surface area contributed by atoms with Gasteiger partial charge in [-0.25, -0.2) is 4.79 Å². The molecule has 1 aliphatic rings. The largest absolute Gasteiger partial charge is 1.00 e. The predicted molar refractivity (Wildman–Crippen MR) is 70.1 cm³/mol. The summed E-state index contributed by atoms with van der Waals surface area (Å²) in [5.74, 6) is -0.230. The number of ether oxygens (including phenoxy) is 1. The zero-order valence-corrected chi connectivity index (χ0v) is 12.6. The molecular formula is C13H16BrClNO2-. The van der Waals surface area contributed by atoms with Gasteiger partial charge in [-0.05, 0) is 44.6 Å². The molecule has 1 aliphatic heterocycles. The molecule has 1 fully saturated rings. The van der Waals surface area contributed by atoms with Gasteiger partial charge in [0, 0.05) is 11.0 Å². The van der Waals surface area contributed by atoms with Gasteiger partial charge in [0.05, 0.1) is 5.56 Å². The van der Waals surface area contributed by atoms with Gasteiger partial charge >= 0.3 is 5.97 Å². The highest BCUT2D eigenvalue weighted by molar-refractivity contribution is 9.10. The quantitative estimate of drug-likeness (QED) is 0.696. The summed E-state index contributed by atoms with van der Waals surface area (Å²) in [7, 11) is 2.05. The van der Waals surface area contributed by atoms with E-state index in [4.69, 9.17) is 4.74 Å². The number of nitrogens with zero attached hydrogens (tertiary/aromatic N) is 1. The summed E-state index contributed by atoms with van der Waals surface area (Å²) in [6.07, 6.45) is 2.08. The van der Waals surface area contributed by atoms with Crippen LogP contribution in [0.3, 0.4) is 0 Å². The lowest BCUT2D eigenvalue weighted by atomic mass is 10.1. The monoisotopic (exact) mass is 332 g/mol. The molecule has 2 rings (SSSR count). The van der Waals surface area contributed by atoms with Crippen molar-refractivity contribution >= 4 is 21.9 Å². The van der Waals surface area contributed by atoms with Gasteiger partial charge in [-0.3, -0.25) is 0 Å². The second-order valence-electron chi connectivity index (χ2n) is 4.44. The van der Waals surface area contributed by atoms with Crippen LogP contribution in [0.5, 0.6) is 0 Å². The molecule has 1 atom stereocenters. The van der Waals surface area contributed by atoms with Gasteiger partial charge in [-0.2, -0.15) is 0 Å². The first-order valence-electron chi connectivity index (χ1n) is 5.80. The maximum atomic E-state index is 11.9. The number of piperidine rings is 1. The first-order chi connectivity index (χ1) is 8.15. The van der Waals surface area contributed by atoms with E-state index in [0.717, 1.165) is 30.4 Å². The van der Waals surface area contributed by atoms with Gasteiger partial charge in [0.15, 0.2) is 0 Å². The molecule has 0 spiro atoms. The number of carbonyl (C=O) groups excluding carboxylic acids is 1. The zero-order valence-electron chi connectivity index (χ0n) is 10.2. The fourth-order valence-electron chi connectivity index (χ4n) is 2.05. The normalized spacial score (nSPS) is 20.0. The van der Waals surface area contributed by atoms with Crippen molar-refractivity contribution < 1.29 is 21.9 Å². The standard InChI is InChI=1S/C13H16BrNO2.ClH/c1-15-7-3-6-12(9-15)17-13(16)10-4-2-5-11(14)8-10;/h2,4-5,8,12H,3,6-7,9H2,1H3;1H/p-1. The molecule has 0 aromatic heterocycles. The Hall–Kier alpha value is -0.580. The highest BCUT2D eigenvalue weighted by Gasteiger charge is 2.21. The van der Waals surface area contributed by atoms with Gasteiger partial charge in [0.25, 0.3) is 0 Å². The van der Waals surface area contributed by atoms with E-state index in [-0.39, 0.29) is 24.5 Å². The third-order valence-electron chi connectivity index (χ3n) is 2.92. The Morgan fingerprint density at radius 3 is 2.94 bits per heavy atom. The van der Waals surface area contributed by atoms with Crippen molar-refractivity contribution in [3.63, 3.8) is 0 Å². The number of benzene rings is 1. The summed E-state index contributed by atoms with van der Waals surface area (Å²) in [5, 5.41) is 0. The van der Waals surface area contributed by atoms with Crippen LogP contribution >= 0.6 is 15.9 Å². The van der Waals surface area contributed by atoms with E-state index >= 15 is 0 Å². The minimum absolute atomic E-state index is 0. The average Bonchev–Trinajstić information content (AvgIpc) is 2.29. The van der Waals surface area contributed by atoms with Crippen molar-refractivity contribution in [3.8, 4) is 0 Å². The Labute approximate surface area is 122 Å². The van der Waals surface area contributed by atoms with Crippen molar-refractivity contribution in [1.82, 2.24) is 4.90 Å². The molecule has 0 bridgehead atoms. The van der Waals surface area contributed by atoms with E-state index in [1.807, 2.05) is 12.1 Å². The number of hydrogen-bond donors (Lipinski definition) is 0. The first kappa shape index (κ1) is 15.5. The van der Waals surface area contributed by atoms with Gasteiger partial charge in [0.1, 0.15) is 6.10 Å². The molecule has 0 saturated carbocycles. The van der Waals surface area contributed by atoms with Crippen molar-refractivity contribution in [2.75, 3.05) is 20.1 Å². The Morgan fingerprint density at radius 1 is 1.50 bits per heavy atom. The number of likely N-dealkylation sites (tertiary alicyclic amines) is 1. The molecule has 1 saturated heterocycles. The van der Waals surface area contributed by atoms with E-state index in [0.29, 0.717) is 5.56 Å². The second-order valence-corrected chi connectivity index (χ2v) is 5.36. The van der Waals surface area contributed by atoms with Crippen LogP contribution in [-0.4, -0.2) is 37.1 Å². The van der Waals surface area contributed by atoms with E-state index in [9.17, 15) is 4.79 Å². The van der Waals surface area contributed by atoms with Gasteiger partial charge in [0.2, 0.25) is 0 Å². The SMILES string of the molecule is CN1CCCC(OC(=O)c2cccc(Br)c2)C1.[Cl-]. The van der Waals surface area contributed by atoms with Crippen LogP contribution in [0.2, 0.25) is 0 Å². The van der Waals surface area contributed by atoms with Crippen molar-refractivity contribution in [2.24, 2.45) is 0 Å². The van der Waals surface area contributed by atoms with E-state index in [1.165, 1.54) is 0 Å². The first-order valence-corrected chi connectivity index (χ1v) is 6.59. The Morgan fingerprint density at radius 2 is 2.28 bits per heavy atom. The summed E-state index contributed by atoms with van der Waals surface area (Å²) >= 11 is 3.35. The molecule has 1 heterocycles. The lowest BCUT2D eigenvalue weighted by Crippen LogP contribution is -3.00. The number of esters is 1. The molecule has 0 radical (unpaired) electrons. The predicted octanol–water partition coefficient (Wildman–Crippen LogP) is -0.296. The molecule has 5 heteroatoms. The van der Waals surface area contributed by atoms with Crippen molar-refractivity contribution in [1.29, 1.82) is 0 Å². The number of carbonyl (C=O) groups is 1. The van der Waals surface area contributed by atoms with Crippen molar-refractivity contribution in [3.05, 3.63) is 34.3 Å². The van der Waals surface area contributed by atoms with Gasteiger partial charge in [-0.1, -0.05) is 22.0 Å². The maximum Gasteiger partial charge on any atom is 0.338 e. The smallest absolute Gasteiger partial charge is 0.338 e. The Kier molecular flexibility index (Phi) is 6.12. The second kappa shape index (κ2) is 7.12. The molecule has 0 amide bonds. The van der Waals surface area contributed by atoms with Crippen LogP contribution < -0.4 is 12.4 Å². The molecule has 1 unspecified atom stereocenters. The summed E-state index contributed by atoms with van der Waals surface area (Å²) < 4.78 is 6.40. The molecule has 0 N–H and O–H groups in total. The topological polar surface area (TPSA) is 29.5 Å². The van der Waals surface area contributed by atoms with Crippen LogP contribution in [0.25, 0.3) is 0 Å². The number of rotatable bonds is 2. The number of halogens is 2. The third kappa shape index (κ3) is 4.26. The van der Waals surface area contributed by atoms with Crippen LogP contribution in [0.4, 0.5) is 0 Å². The summed E-state index contributed by atoms with van der Waals surface area (Å²) in [6.45, 7) is 1.92. The fraction of sp³-hybridized carbons (Fsp3) is 0.462. The summed E-state index contributed by atoms with van der Waals surface area (Å²) in [6, 6.07) is 7.30. The molecule has 100 valence electrons. The van der Waals surface area contributed by atoms with E-state index in [2.05, 4.69) is 27.9 Å². The van der Waals surface area contributed by atoms with E-state index in [1.54, 1.807) is 12.1 Å². The summed E-state index contributed by atoms with van der Waals surface area (Å²) in [5.41, 5.74) is 0.604. The van der Waals surface area contributed by atoms with Crippen LogP contribution in [0.1, 0.15) is 23.2 Å². The van der Waals surface area contributed by atoms with E-state index < -0.39 is 0 Å². The van der Waals surface area contributed by atoms with Crippen LogP contribution in [0.15, 0.2) is 28.7 Å². The summed E-state index contributed by atoms with van der Waals surface area (Å²) in [4.78, 5) is 14.1. The Bertz CT molecular complexity index is 414. The third-order valence-corrected chi connectivity index (χ3v) is 3.41. The van der Waals surface area contributed by atoms with Crippen LogP contribution in [0, 0.1) is 0 Å². The lowest BCUT2D eigenvalue weighted by molar-refractivity contribution is -0.0000822. The lowest BCUT2D eigenvalue weighted by Gasteiger charge is -2.29. The number of likely N-dealkylation sites (N-methyl/N-ethyl adjacent to an activating group) is 1. The molecule has 1 aromatic rings. The minimum Gasteiger partial charge on any atom is -1.00 e. The highest BCUT2D eigenvalue weighted by atomic mass is 79.9. The fourth-order valence-corrected chi connectivity index (χ4v) is 2.45. The molecule has 0 aliphatic carbocycles. The van der Waals surface area contributed by atoms with Crippen molar-refractivity contribution in [2.45, 2.75) is 18.9 Å². The molecule has 3 nitrogen and oxygen atoms in total. The highest BCUT2D eigenvalue weighted by Crippen LogP contribution is 2.16. The molecule has 18 heavy (non-hydrogen) atoms. The maximum absolute atomic E-state index is 11.9. The number of hydrogen-bond acceptors (Lipinski definition) is 3. The molecule has 1 aromatic carbocycles. The Balaban J connectivity index is 0.00000162. The van der Waals surface area contributed by atoms with Crippen LogP contribution in [-0.2, 0) is 4.74 Å². The van der Waals surface area contributed by atoms with Gasteiger partial charge in [-0.15, -0.1) is 0 Å². The zero-order chi connectivity index (χ0) is 12.3. The average molecular weight is 334 g/mol. The van der Waals surface area contributed by atoms with Gasteiger partial charge < -0.3 is 22.0 Å². The minimum atomic E-state index is -0.230. The molecular weight excluding hydrogens is 318 g/mol.